The molecule has 7 heteroatoms. The van der Waals surface area contributed by atoms with Crippen molar-refractivity contribution in [3.05, 3.63) is 139 Å². The number of benzene rings is 4. The van der Waals surface area contributed by atoms with E-state index in [1.54, 1.807) is 16.5 Å². The number of rotatable bonds is 6. The van der Waals surface area contributed by atoms with Gasteiger partial charge < -0.3 is 4.74 Å². The number of aromatic nitrogens is 2. The van der Waals surface area contributed by atoms with Crippen LogP contribution in [0.5, 0.6) is 5.75 Å². The summed E-state index contributed by atoms with van der Waals surface area (Å²) in [4.78, 5) is 19.2. The van der Waals surface area contributed by atoms with Gasteiger partial charge in [-0.2, -0.15) is 0 Å². The van der Waals surface area contributed by atoms with E-state index >= 15 is 0 Å². The minimum atomic E-state index is -0.0993. The lowest BCUT2D eigenvalue weighted by atomic mass is 10.1. The van der Waals surface area contributed by atoms with Crippen LogP contribution >= 0.6 is 34.5 Å². The summed E-state index contributed by atoms with van der Waals surface area (Å²) in [5.41, 5.74) is 5.10. The molecule has 0 aliphatic heterocycles. The average molecular weight is 555 g/mol. The van der Waals surface area contributed by atoms with Crippen molar-refractivity contribution in [3.63, 3.8) is 0 Å². The van der Waals surface area contributed by atoms with Crippen LogP contribution in [0, 0.1) is 0 Å². The molecule has 2 heterocycles. The first-order chi connectivity index (χ1) is 18.6. The van der Waals surface area contributed by atoms with Crippen molar-refractivity contribution in [1.82, 2.24) is 9.38 Å². The summed E-state index contributed by atoms with van der Waals surface area (Å²) in [6.07, 6.45) is 1.88. The lowest BCUT2D eigenvalue weighted by molar-refractivity contribution is 0.306. The summed E-state index contributed by atoms with van der Waals surface area (Å²) >= 11 is 13.6. The number of ether oxygens (including phenoxy) is 1. The molecule has 0 unspecified atom stereocenters. The van der Waals surface area contributed by atoms with E-state index in [9.17, 15) is 4.79 Å². The van der Waals surface area contributed by atoms with Crippen molar-refractivity contribution in [3.8, 4) is 28.3 Å². The second-order valence-corrected chi connectivity index (χ2v) is 10.5. The van der Waals surface area contributed by atoms with Gasteiger partial charge in [0.15, 0.2) is 4.96 Å². The van der Waals surface area contributed by atoms with E-state index in [-0.39, 0.29) is 5.56 Å². The monoisotopic (exact) mass is 554 g/mol. The molecule has 6 aromatic rings. The topological polar surface area (TPSA) is 43.6 Å². The SMILES string of the molecule is O=c1/c(=C/c2cccc(OCc3ccc(Cl)cc3Cl)c2)sc2nc(-c3ccccc3)c(-c3ccccc3)n12. The lowest BCUT2D eigenvalue weighted by Crippen LogP contribution is -2.23. The molecule has 0 radical (unpaired) electrons. The maximum Gasteiger partial charge on any atom is 0.274 e. The van der Waals surface area contributed by atoms with Gasteiger partial charge in [0.05, 0.1) is 15.9 Å². The van der Waals surface area contributed by atoms with Crippen LogP contribution in [-0.2, 0) is 6.61 Å². The van der Waals surface area contributed by atoms with Crippen molar-refractivity contribution >= 4 is 45.6 Å². The fourth-order valence-corrected chi connectivity index (χ4v) is 5.74. The first kappa shape index (κ1) is 24.4. The molecule has 0 saturated heterocycles. The molecule has 0 saturated carbocycles. The molecule has 0 aliphatic rings. The van der Waals surface area contributed by atoms with Gasteiger partial charge in [-0.1, -0.05) is 113 Å². The zero-order valence-electron chi connectivity index (χ0n) is 20.0. The molecule has 0 N–H and O–H groups in total. The third-order valence-corrected chi connectivity index (χ3v) is 7.68. The Kier molecular flexibility index (Phi) is 6.73. The molecule has 2 aromatic heterocycles. The Morgan fingerprint density at radius 3 is 2.32 bits per heavy atom. The van der Waals surface area contributed by atoms with Crippen LogP contribution in [0.3, 0.4) is 0 Å². The maximum absolute atomic E-state index is 13.7. The van der Waals surface area contributed by atoms with Gasteiger partial charge in [-0.25, -0.2) is 9.38 Å². The van der Waals surface area contributed by atoms with Crippen molar-refractivity contribution in [1.29, 1.82) is 0 Å². The summed E-state index contributed by atoms with van der Waals surface area (Å²) in [5, 5.41) is 1.14. The molecular formula is C31H20Cl2N2O2S. The van der Waals surface area contributed by atoms with E-state index in [0.717, 1.165) is 33.6 Å². The van der Waals surface area contributed by atoms with Crippen LogP contribution in [-0.4, -0.2) is 9.38 Å². The third-order valence-electron chi connectivity index (χ3n) is 6.12. The van der Waals surface area contributed by atoms with Crippen molar-refractivity contribution in [2.24, 2.45) is 0 Å². The normalized spacial score (nSPS) is 11.8. The fraction of sp³-hybridized carbons (Fsp3) is 0.0323. The molecule has 0 fully saturated rings. The fourth-order valence-electron chi connectivity index (χ4n) is 4.30. The van der Waals surface area contributed by atoms with Crippen LogP contribution in [0.1, 0.15) is 11.1 Å². The maximum atomic E-state index is 13.7. The van der Waals surface area contributed by atoms with Gasteiger partial charge in [0.1, 0.15) is 12.4 Å². The van der Waals surface area contributed by atoms with E-state index < -0.39 is 0 Å². The van der Waals surface area contributed by atoms with Crippen LogP contribution in [0.4, 0.5) is 0 Å². The van der Waals surface area contributed by atoms with E-state index in [4.69, 9.17) is 32.9 Å². The van der Waals surface area contributed by atoms with E-state index in [2.05, 4.69) is 0 Å². The number of halogens is 2. The summed E-state index contributed by atoms with van der Waals surface area (Å²) in [6.45, 7) is 0.307. The van der Waals surface area contributed by atoms with Crippen LogP contribution in [0.2, 0.25) is 10.0 Å². The smallest absolute Gasteiger partial charge is 0.274 e. The second kappa shape index (κ2) is 10.5. The number of hydrogen-bond acceptors (Lipinski definition) is 4. The first-order valence-corrected chi connectivity index (χ1v) is 13.5. The third kappa shape index (κ3) is 4.84. The molecule has 0 amide bonds. The van der Waals surface area contributed by atoms with Gasteiger partial charge in [-0.05, 0) is 35.9 Å². The Morgan fingerprint density at radius 2 is 1.58 bits per heavy atom. The molecule has 4 aromatic carbocycles. The van der Waals surface area contributed by atoms with Gasteiger partial charge in [0.2, 0.25) is 0 Å². The molecule has 0 spiro atoms. The number of hydrogen-bond donors (Lipinski definition) is 0. The van der Waals surface area contributed by atoms with Crippen LogP contribution < -0.4 is 14.8 Å². The summed E-state index contributed by atoms with van der Waals surface area (Å²) in [5.74, 6) is 0.676. The van der Waals surface area contributed by atoms with Crippen LogP contribution in [0.15, 0.2) is 108 Å². The van der Waals surface area contributed by atoms with Crippen molar-refractivity contribution in [2.45, 2.75) is 6.61 Å². The molecule has 6 rings (SSSR count). The lowest BCUT2D eigenvalue weighted by Gasteiger charge is -2.08. The molecule has 0 bridgehead atoms. The summed E-state index contributed by atoms with van der Waals surface area (Å²) in [6, 6.07) is 32.8. The highest BCUT2D eigenvalue weighted by Gasteiger charge is 2.19. The highest BCUT2D eigenvalue weighted by Crippen LogP contribution is 2.32. The highest BCUT2D eigenvalue weighted by molar-refractivity contribution is 7.15. The summed E-state index contributed by atoms with van der Waals surface area (Å²) in [7, 11) is 0. The Labute approximate surface area is 233 Å². The van der Waals surface area contributed by atoms with E-state index in [0.29, 0.717) is 31.9 Å². The zero-order chi connectivity index (χ0) is 26.1. The van der Waals surface area contributed by atoms with Gasteiger partial charge in [-0.3, -0.25) is 4.79 Å². The zero-order valence-corrected chi connectivity index (χ0v) is 22.3. The molecule has 0 atom stereocenters. The van der Waals surface area contributed by atoms with Gasteiger partial charge >= 0.3 is 0 Å². The van der Waals surface area contributed by atoms with Crippen molar-refractivity contribution < 1.29 is 4.74 Å². The van der Waals surface area contributed by atoms with Gasteiger partial charge in [0.25, 0.3) is 5.56 Å². The van der Waals surface area contributed by atoms with Crippen LogP contribution in [0.25, 0.3) is 33.6 Å². The first-order valence-electron chi connectivity index (χ1n) is 11.9. The van der Waals surface area contributed by atoms with Gasteiger partial charge in [-0.15, -0.1) is 0 Å². The molecule has 38 heavy (non-hydrogen) atoms. The Bertz CT molecular complexity index is 1870. The number of imidazole rings is 1. The average Bonchev–Trinajstić information content (AvgIpc) is 3.45. The minimum absolute atomic E-state index is 0.0993. The van der Waals surface area contributed by atoms with Gasteiger partial charge in [0, 0.05) is 26.7 Å². The predicted octanol–water partition coefficient (Wildman–Crippen LogP) is 7.52. The number of thiazole rings is 1. The van der Waals surface area contributed by atoms with Crippen molar-refractivity contribution in [2.75, 3.05) is 0 Å². The molecule has 186 valence electrons. The Morgan fingerprint density at radius 1 is 0.842 bits per heavy atom. The summed E-state index contributed by atoms with van der Waals surface area (Å²) < 4.78 is 8.29. The van der Waals surface area contributed by atoms with E-state index in [1.807, 2.05) is 97.1 Å². The molecular weight excluding hydrogens is 535 g/mol. The Balaban J connectivity index is 1.39. The Hall–Kier alpha value is -3.90. The largest absolute Gasteiger partial charge is 0.489 e. The molecule has 0 aliphatic carbocycles. The standard InChI is InChI=1S/C31H20Cl2N2O2S/c32-24-15-14-23(26(33)18-24)19-37-25-13-7-8-20(16-25)17-27-30(36)35-29(22-11-5-2-6-12-22)28(34-31(35)38-27)21-9-3-1-4-10-21/h1-18H,19H2/b27-17-. The highest BCUT2D eigenvalue weighted by atomic mass is 35.5. The quantitative estimate of drug-likeness (QED) is 0.214. The number of fused-ring (bicyclic) bond motifs is 1. The van der Waals surface area contributed by atoms with E-state index in [1.165, 1.54) is 11.3 Å². The minimum Gasteiger partial charge on any atom is -0.489 e. The second-order valence-electron chi connectivity index (χ2n) is 8.67. The molecule has 4 nitrogen and oxygen atoms in total. The number of nitrogens with zero attached hydrogens (tertiary/aromatic N) is 2. The predicted molar refractivity (Wildman–Crippen MR) is 156 cm³/mol.